The van der Waals surface area contributed by atoms with Crippen LogP contribution in [0.2, 0.25) is 0 Å². The predicted molar refractivity (Wildman–Crippen MR) is 83.8 cm³/mol. The van der Waals surface area contributed by atoms with Crippen molar-refractivity contribution < 1.29 is 9.47 Å². The molecule has 3 heteroatoms. The number of rotatable bonds is 5. The summed E-state index contributed by atoms with van der Waals surface area (Å²) in [6.07, 6.45) is 0.899. The van der Waals surface area contributed by atoms with Gasteiger partial charge in [-0.05, 0) is 18.6 Å². The minimum Gasteiger partial charge on any atom is -0.493 e. The number of para-hydroxylation sites is 2. The summed E-state index contributed by atoms with van der Waals surface area (Å²) in [5.74, 6) is 2.15. The number of hydrogen-bond donors (Lipinski definition) is 1. The normalized spacial score (nSPS) is 17.9. The fraction of sp³-hybridized carbons (Fsp3) is 0.333. The standard InChI is InChI=1S/C18H21NO2/c1-2-16(19)15-8-4-6-10-18(15)21-12-13-11-20-17-9-5-3-7-14(13)17/h3-10,13,16H,2,11-12,19H2,1H3/t13?,16-/m0/s1. The molecular formula is C18H21NO2. The lowest BCUT2D eigenvalue weighted by Gasteiger charge is -2.17. The molecule has 1 aliphatic rings. The van der Waals surface area contributed by atoms with E-state index in [2.05, 4.69) is 13.0 Å². The molecule has 0 radical (unpaired) electrons. The average Bonchev–Trinajstić information content (AvgIpc) is 2.96. The van der Waals surface area contributed by atoms with Crippen LogP contribution in [-0.2, 0) is 0 Å². The van der Waals surface area contributed by atoms with Gasteiger partial charge in [0.25, 0.3) is 0 Å². The van der Waals surface area contributed by atoms with Gasteiger partial charge in [0.05, 0.1) is 19.1 Å². The van der Waals surface area contributed by atoms with Crippen molar-refractivity contribution in [2.45, 2.75) is 25.3 Å². The Hall–Kier alpha value is -2.00. The third-order valence-corrected chi connectivity index (χ3v) is 4.00. The van der Waals surface area contributed by atoms with Gasteiger partial charge in [-0.1, -0.05) is 43.3 Å². The van der Waals surface area contributed by atoms with E-state index in [0.717, 1.165) is 23.5 Å². The molecule has 2 aromatic rings. The quantitative estimate of drug-likeness (QED) is 0.911. The first-order valence-electron chi connectivity index (χ1n) is 7.48. The van der Waals surface area contributed by atoms with E-state index in [4.69, 9.17) is 15.2 Å². The predicted octanol–water partition coefficient (Wildman–Crippen LogP) is 3.65. The lowest BCUT2D eigenvalue weighted by Crippen LogP contribution is -2.15. The van der Waals surface area contributed by atoms with Crippen molar-refractivity contribution in [1.29, 1.82) is 0 Å². The molecule has 1 aliphatic heterocycles. The second-order valence-electron chi connectivity index (χ2n) is 5.41. The molecule has 3 nitrogen and oxygen atoms in total. The van der Waals surface area contributed by atoms with Gasteiger partial charge in [0.2, 0.25) is 0 Å². The van der Waals surface area contributed by atoms with Gasteiger partial charge in [0.15, 0.2) is 0 Å². The third-order valence-electron chi connectivity index (χ3n) is 4.00. The second-order valence-corrected chi connectivity index (χ2v) is 5.41. The molecule has 2 atom stereocenters. The summed E-state index contributed by atoms with van der Waals surface area (Å²) in [6, 6.07) is 16.2. The molecule has 0 amide bonds. The van der Waals surface area contributed by atoms with Gasteiger partial charge in [-0.15, -0.1) is 0 Å². The number of nitrogens with two attached hydrogens (primary N) is 1. The Balaban J connectivity index is 1.72. The van der Waals surface area contributed by atoms with Crippen LogP contribution in [0, 0.1) is 0 Å². The summed E-state index contributed by atoms with van der Waals surface area (Å²) in [5, 5.41) is 0. The van der Waals surface area contributed by atoms with Gasteiger partial charge in [0.1, 0.15) is 11.5 Å². The van der Waals surface area contributed by atoms with Gasteiger partial charge in [-0.2, -0.15) is 0 Å². The third kappa shape index (κ3) is 2.88. The Kier molecular flexibility index (Phi) is 4.11. The summed E-state index contributed by atoms with van der Waals surface area (Å²) in [6.45, 7) is 3.38. The lowest BCUT2D eigenvalue weighted by molar-refractivity contribution is 0.246. The average molecular weight is 283 g/mol. The molecule has 3 rings (SSSR count). The molecule has 0 aromatic heterocycles. The molecule has 21 heavy (non-hydrogen) atoms. The van der Waals surface area contributed by atoms with E-state index >= 15 is 0 Å². The summed E-state index contributed by atoms with van der Waals surface area (Å²) in [4.78, 5) is 0. The maximum absolute atomic E-state index is 6.15. The topological polar surface area (TPSA) is 44.5 Å². The van der Waals surface area contributed by atoms with E-state index in [-0.39, 0.29) is 12.0 Å². The molecule has 0 aliphatic carbocycles. The van der Waals surface area contributed by atoms with Crippen molar-refractivity contribution in [3.8, 4) is 11.5 Å². The summed E-state index contributed by atoms with van der Waals surface area (Å²) < 4.78 is 11.7. The van der Waals surface area contributed by atoms with Crippen molar-refractivity contribution in [1.82, 2.24) is 0 Å². The van der Waals surface area contributed by atoms with Crippen LogP contribution in [0.3, 0.4) is 0 Å². The van der Waals surface area contributed by atoms with Gasteiger partial charge < -0.3 is 15.2 Å². The first-order valence-corrected chi connectivity index (χ1v) is 7.48. The molecule has 0 saturated heterocycles. The van der Waals surface area contributed by atoms with Crippen LogP contribution in [0.4, 0.5) is 0 Å². The highest BCUT2D eigenvalue weighted by Crippen LogP contribution is 2.34. The molecule has 1 heterocycles. The Morgan fingerprint density at radius 3 is 2.81 bits per heavy atom. The zero-order valence-corrected chi connectivity index (χ0v) is 12.3. The van der Waals surface area contributed by atoms with Crippen LogP contribution in [0.15, 0.2) is 48.5 Å². The summed E-state index contributed by atoms with van der Waals surface area (Å²) >= 11 is 0. The molecule has 0 bridgehead atoms. The molecule has 0 spiro atoms. The Labute approximate surface area is 125 Å². The molecule has 2 N–H and O–H groups in total. The zero-order valence-electron chi connectivity index (χ0n) is 12.3. The highest BCUT2D eigenvalue weighted by molar-refractivity contribution is 5.40. The minimum atomic E-state index is 0.0216. The monoisotopic (exact) mass is 283 g/mol. The smallest absolute Gasteiger partial charge is 0.124 e. The van der Waals surface area contributed by atoms with E-state index < -0.39 is 0 Å². The fourth-order valence-electron chi connectivity index (χ4n) is 2.70. The van der Waals surface area contributed by atoms with Crippen LogP contribution >= 0.6 is 0 Å². The Bertz CT molecular complexity index is 612. The van der Waals surface area contributed by atoms with Crippen molar-refractivity contribution in [3.63, 3.8) is 0 Å². The highest BCUT2D eigenvalue weighted by Gasteiger charge is 2.24. The SMILES string of the molecule is CC[C@H](N)c1ccccc1OCC1COc2ccccc21. The van der Waals surface area contributed by atoms with E-state index in [1.54, 1.807) is 0 Å². The molecule has 1 unspecified atom stereocenters. The zero-order chi connectivity index (χ0) is 14.7. The summed E-state index contributed by atoms with van der Waals surface area (Å²) in [5.41, 5.74) is 8.46. The molecule has 110 valence electrons. The molecule has 2 aromatic carbocycles. The summed E-state index contributed by atoms with van der Waals surface area (Å²) in [7, 11) is 0. The maximum atomic E-state index is 6.15. The van der Waals surface area contributed by atoms with Crippen LogP contribution in [-0.4, -0.2) is 13.2 Å². The van der Waals surface area contributed by atoms with Crippen molar-refractivity contribution in [2.24, 2.45) is 5.73 Å². The lowest BCUT2D eigenvalue weighted by atomic mass is 10.0. The van der Waals surface area contributed by atoms with E-state index in [9.17, 15) is 0 Å². The van der Waals surface area contributed by atoms with Gasteiger partial charge in [-0.25, -0.2) is 0 Å². The van der Waals surface area contributed by atoms with Gasteiger partial charge >= 0.3 is 0 Å². The first kappa shape index (κ1) is 14.0. The Morgan fingerprint density at radius 2 is 1.95 bits per heavy atom. The van der Waals surface area contributed by atoms with E-state index in [1.165, 1.54) is 5.56 Å². The number of fused-ring (bicyclic) bond motifs is 1. The van der Waals surface area contributed by atoms with Crippen molar-refractivity contribution >= 4 is 0 Å². The number of ether oxygens (including phenoxy) is 2. The van der Waals surface area contributed by atoms with Gasteiger partial charge in [0, 0.05) is 17.2 Å². The van der Waals surface area contributed by atoms with E-state index in [1.807, 2.05) is 42.5 Å². The highest BCUT2D eigenvalue weighted by atomic mass is 16.5. The molecular weight excluding hydrogens is 262 g/mol. The van der Waals surface area contributed by atoms with Gasteiger partial charge in [-0.3, -0.25) is 0 Å². The largest absolute Gasteiger partial charge is 0.493 e. The minimum absolute atomic E-state index is 0.0216. The molecule has 0 saturated carbocycles. The Morgan fingerprint density at radius 1 is 1.19 bits per heavy atom. The van der Waals surface area contributed by atoms with Crippen molar-refractivity contribution in [2.75, 3.05) is 13.2 Å². The number of hydrogen-bond acceptors (Lipinski definition) is 3. The maximum Gasteiger partial charge on any atom is 0.124 e. The fourth-order valence-corrected chi connectivity index (χ4v) is 2.70. The van der Waals surface area contributed by atoms with Crippen LogP contribution < -0.4 is 15.2 Å². The first-order chi connectivity index (χ1) is 10.3. The van der Waals surface area contributed by atoms with Crippen LogP contribution in [0.5, 0.6) is 11.5 Å². The van der Waals surface area contributed by atoms with Crippen molar-refractivity contribution in [3.05, 3.63) is 59.7 Å². The molecule has 0 fully saturated rings. The number of benzene rings is 2. The second kappa shape index (κ2) is 6.19. The van der Waals surface area contributed by atoms with E-state index in [0.29, 0.717) is 13.2 Å². The van der Waals surface area contributed by atoms with Crippen LogP contribution in [0.25, 0.3) is 0 Å². The van der Waals surface area contributed by atoms with Crippen LogP contribution in [0.1, 0.15) is 36.4 Å².